The molecule has 1 N–H and O–H groups in total. The zero-order chi connectivity index (χ0) is 13.1. The third-order valence-corrected chi connectivity index (χ3v) is 4.41. The number of halogens is 3. The van der Waals surface area contributed by atoms with E-state index in [4.69, 9.17) is 23.2 Å². The zero-order valence-electron chi connectivity index (χ0n) is 9.71. The first kappa shape index (κ1) is 13.8. The van der Waals surface area contributed by atoms with E-state index < -0.39 is 0 Å². The van der Waals surface area contributed by atoms with E-state index in [9.17, 15) is 4.39 Å². The van der Waals surface area contributed by atoms with Gasteiger partial charge < -0.3 is 5.32 Å². The average molecular weight is 304 g/mol. The highest BCUT2D eigenvalue weighted by molar-refractivity contribution is 7.16. The first-order valence-electron chi connectivity index (χ1n) is 5.49. The van der Waals surface area contributed by atoms with Gasteiger partial charge >= 0.3 is 0 Å². The molecule has 2 rings (SSSR count). The van der Waals surface area contributed by atoms with Gasteiger partial charge in [-0.05, 0) is 42.8 Å². The summed E-state index contributed by atoms with van der Waals surface area (Å²) in [6.45, 7) is 2.56. The second kappa shape index (κ2) is 6.02. The van der Waals surface area contributed by atoms with Crippen molar-refractivity contribution < 1.29 is 4.39 Å². The van der Waals surface area contributed by atoms with E-state index >= 15 is 0 Å². The lowest BCUT2D eigenvalue weighted by Crippen LogP contribution is -2.17. The summed E-state index contributed by atoms with van der Waals surface area (Å²) in [6, 6.07) is 8.38. The molecule has 1 unspecified atom stereocenters. The first-order chi connectivity index (χ1) is 8.56. The number of hydrogen-bond donors (Lipinski definition) is 1. The fraction of sp³-hybridized carbons (Fsp3) is 0.231. The van der Waals surface area contributed by atoms with E-state index in [0.29, 0.717) is 11.6 Å². The summed E-state index contributed by atoms with van der Waals surface area (Å²) in [4.78, 5) is 1.15. The summed E-state index contributed by atoms with van der Waals surface area (Å²) < 4.78 is 13.9. The van der Waals surface area contributed by atoms with Gasteiger partial charge in [-0.3, -0.25) is 0 Å². The molecule has 0 aliphatic rings. The zero-order valence-corrected chi connectivity index (χ0v) is 12.0. The van der Waals surface area contributed by atoms with Crippen LogP contribution in [-0.2, 0) is 6.54 Å². The van der Waals surface area contributed by atoms with Gasteiger partial charge in [0.2, 0.25) is 0 Å². The molecule has 1 heterocycles. The number of nitrogens with one attached hydrogen (secondary N) is 1. The smallest absolute Gasteiger partial charge is 0.123 e. The third-order valence-electron chi connectivity index (χ3n) is 2.63. The van der Waals surface area contributed by atoms with Crippen LogP contribution < -0.4 is 5.32 Å². The van der Waals surface area contributed by atoms with Gasteiger partial charge in [0.05, 0.1) is 4.34 Å². The van der Waals surface area contributed by atoms with E-state index in [1.54, 1.807) is 6.07 Å². The van der Waals surface area contributed by atoms with Gasteiger partial charge in [0.25, 0.3) is 0 Å². The first-order valence-corrected chi connectivity index (χ1v) is 7.06. The lowest BCUT2D eigenvalue weighted by atomic mass is 10.2. The molecular weight excluding hydrogens is 292 g/mol. The Morgan fingerprint density at radius 3 is 2.72 bits per heavy atom. The van der Waals surface area contributed by atoms with Gasteiger partial charge in [-0.15, -0.1) is 11.3 Å². The average Bonchev–Trinajstić information content (AvgIpc) is 2.77. The van der Waals surface area contributed by atoms with Gasteiger partial charge in [0, 0.05) is 22.5 Å². The molecular formula is C13H12Cl2FNS. The van der Waals surface area contributed by atoms with E-state index in [-0.39, 0.29) is 11.9 Å². The monoisotopic (exact) mass is 303 g/mol. The van der Waals surface area contributed by atoms with Crippen molar-refractivity contribution in [3.05, 3.63) is 55.9 Å². The molecule has 2 aromatic rings. The Morgan fingerprint density at radius 2 is 2.06 bits per heavy atom. The number of benzene rings is 1. The van der Waals surface area contributed by atoms with Crippen molar-refractivity contribution in [3.63, 3.8) is 0 Å². The minimum absolute atomic E-state index is 0.154. The van der Waals surface area contributed by atoms with Crippen LogP contribution in [0.4, 0.5) is 4.39 Å². The van der Waals surface area contributed by atoms with Crippen molar-refractivity contribution >= 4 is 34.5 Å². The predicted octanol–water partition coefficient (Wildman–Crippen LogP) is 5.04. The SMILES string of the molecule is CC(NCc1cc(F)ccc1Cl)c1ccc(Cl)s1. The maximum atomic E-state index is 13.1. The molecule has 1 aromatic carbocycles. The van der Waals surface area contributed by atoms with Crippen LogP contribution in [0, 0.1) is 5.82 Å². The van der Waals surface area contributed by atoms with Crippen molar-refractivity contribution in [2.24, 2.45) is 0 Å². The maximum absolute atomic E-state index is 13.1. The lowest BCUT2D eigenvalue weighted by molar-refractivity contribution is 0.576. The Kier molecular flexibility index (Phi) is 4.62. The molecule has 0 saturated heterocycles. The molecule has 96 valence electrons. The van der Waals surface area contributed by atoms with Crippen LogP contribution in [0.2, 0.25) is 9.36 Å². The molecule has 0 aliphatic carbocycles. The molecule has 0 radical (unpaired) electrons. The van der Waals surface area contributed by atoms with E-state index in [0.717, 1.165) is 14.8 Å². The number of hydrogen-bond acceptors (Lipinski definition) is 2. The molecule has 5 heteroatoms. The number of thiophene rings is 1. The van der Waals surface area contributed by atoms with Crippen LogP contribution in [-0.4, -0.2) is 0 Å². The van der Waals surface area contributed by atoms with Crippen molar-refractivity contribution in [3.8, 4) is 0 Å². The molecule has 0 fully saturated rings. The second-order valence-electron chi connectivity index (χ2n) is 3.98. The van der Waals surface area contributed by atoms with Crippen molar-refractivity contribution in [2.45, 2.75) is 19.5 Å². The quantitative estimate of drug-likeness (QED) is 0.834. The molecule has 0 saturated carbocycles. The van der Waals surface area contributed by atoms with Crippen molar-refractivity contribution in [1.29, 1.82) is 0 Å². The lowest BCUT2D eigenvalue weighted by Gasteiger charge is -2.13. The fourth-order valence-electron chi connectivity index (χ4n) is 1.60. The van der Waals surface area contributed by atoms with Gasteiger partial charge in [-0.25, -0.2) is 4.39 Å². The molecule has 0 aliphatic heterocycles. The Morgan fingerprint density at radius 1 is 1.28 bits per heavy atom. The Balaban J connectivity index is 2.01. The van der Waals surface area contributed by atoms with Gasteiger partial charge in [0.1, 0.15) is 5.82 Å². The maximum Gasteiger partial charge on any atom is 0.123 e. The van der Waals surface area contributed by atoms with Crippen LogP contribution in [0.25, 0.3) is 0 Å². The number of rotatable bonds is 4. The summed E-state index contributed by atoms with van der Waals surface area (Å²) in [5.74, 6) is -0.275. The molecule has 0 spiro atoms. The van der Waals surface area contributed by atoms with E-state index in [1.165, 1.54) is 23.5 Å². The molecule has 1 aromatic heterocycles. The largest absolute Gasteiger partial charge is 0.305 e. The summed E-state index contributed by atoms with van der Waals surface area (Å²) in [7, 11) is 0. The minimum Gasteiger partial charge on any atom is -0.305 e. The normalized spacial score (nSPS) is 12.7. The topological polar surface area (TPSA) is 12.0 Å². The Hall–Kier alpha value is -0.610. The van der Waals surface area contributed by atoms with Crippen LogP contribution >= 0.6 is 34.5 Å². The minimum atomic E-state index is -0.275. The second-order valence-corrected chi connectivity index (χ2v) is 6.13. The molecule has 1 nitrogen and oxygen atoms in total. The summed E-state index contributed by atoms with van der Waals surface area (Å²) in [6.07, 6.45) is 0. The van der Waals surface area contributed by atoms with Gasteiger partial charge in [0.15, 0.2) is 0 Å². The van der Waals surface area contributed by atoms with Crippen LogP contribution in [0.5, 0.6) is 0 Å². The predicted molar refractivity (Wildman–Crippen MR) is 76.0 cm³/mol. The van der Waals surface area contributed by atoms with Crippen LogP contribution in [0.1, 0.15) is 23.4 Å². The summed E-state index contributed by atoms with van der Waals surface area (Å²) >= 11 is 13.4. The third kappa shape index (κ3) is 3.45. The highest BCUT2D eigenvalue weighted by atomic mass is 35.5. The Labute approximate surface area is 120 Å². The van der Waals surface area contributed by atoms with Crippen LogP contribution in [0.3, 0.4) is 0 Å². The molecule has 0 amide bonds. The molecule has 18 heavy (non-hydrogen) atoms. The highest BCUT2D eigenvalue weighted by Gasteiger charge is 2.09. The fourth-order valence-corrected chi connectivity index (χ4v) is 2.88. The Bertz CT molecular complexity index is 542. The summed E-state index contributed by atoms with van der Waals surface area (Å²) in [5.41, 5.74) is 0.756. The van der Waals surface area contributed by atoms with E-state index in [2.05, 4.69) is 5.32 Å². The van der Waals surface area contributed by atoms with E-state index in [1.807, 2.05) is 19.1 Å². The highest BCUT2D eigenvalue weighted by Crippen LogP contribution is 2.27. The summed E-state index contributed by atoms with van der Waals surface area (Å²) in [5, 5.41) is 3.87. The van der Waals surface area contributed by atoms with Gasteiger partial charge in [-0.1, -0.05) is 23.2 Å². The van der Waals surface area contributed by atoms with Crippen molar-refractivity contribution in [2.75, 3.05) is 0 Å². The molecule has 0 bridgehead atoms. The van der Waals surface area contributed by atoms with Gasteiger partial charge in [-0.2, -0.15) is 0 Å². The standard InChI is InChI=1S/C13H12Cl2FNS/c1-8(12-4-5-13(15)18-12)17-7-9-6-10(16)2-3-11(9)14/h2-6,8,17H,7H2,1H3. The molecule has 1 atom stereocenters. The van der Waals surface area contributed by atoms with Crippen LogP contribution in [0.15, 0.2) is 30.3 Å². The van der Waals surface area contributed by atoms with Crippen molar-refractivity contribution in [1.82, 2.24) is 5.32 Å².